The van der Waals surface area contributed by atoms with Crippen LogP contribution in [0.2, 0.25) is 0 Å². The first-order chi connectivity index (χ1) is 21.5. The summed E-state index contributed by atoms with van der Waals surface area (Å²) in [6, 6.07) is 10.0. The fourth-order valence-corrected chi connectivity index (χ4v) is 7.97. The lowest BCUT2D eigenvalue weighted by Crippen LogP contribution is -2.56. The summed E-state index contributed by atoms with van der Waals surface area (Å²) in [6.45, 7) is 12.2. The number of piperidine rings is 1. The standard InChI is InChI=1S/C36H58F2N6O/c1-5-10-26(3)43(25-27(4)44(32(39)6-2)33(40)30-23-35(24-30)18-20-41-21-19-35)22-15-31(28-11-8-7-9-12-28)42-34(45)29-13-16-36(37,38)17-14-29/h7-9,11-12,26-27,29-31,39-41H,5-6,10,13-25H2,1-4H3,(H,42,45). The zero-order chi connectivity index (χ0) is 32.6. The molecule has 1 heterocycles. The molecule has 1 amide bonds. The Morgan fingerprint density at radius 2 is 1.62 bits per heavy atom. The number of amides is 1. The van der Waals surface area contributed by atoms with Crippen LogP contribution in [-0.2, 0) is 4.79 Å². The summed E-state index contributed by atoms with van der Waals surface area (Å²) in [7, 11) is 0. The molecular formula is C36H58F2N6O. The third kappa shape index (κ3) is 9.34. The highest BCUT2D eigenvalue weighted by atomic mass is 19.3. The number of nitrogens with zero attached hydrogens (tertiary/aromatic N) is 2. The van der Waals surface area contributed by atoms with E-state index in [9.17, 15) is 19.0 Å². The minimum Gasteiger partial charge on any atom is -0.349 e. The minimum atomic E-state index is -2.66. The highest BCUT2D eigenvalue weighted by molar-refractivity contribution is 5.99. The number of nitrogens with one attached hydrogen (secondary N) is 4. The van der Waals surface area contributed by atoms with Crippen LogP contribution in [0.1, 0.15) is 116 Å². The lowest BCUT2D eigenvalue weighted by molar-refractivity contribution is -0.130. The summed E-state index contributed by atoms with van der Waals surface area (Å²) in [4.78, 5) is 17.8. The maximum absolute atomic E-state index is 13.8. The van der Waals surface area contributed by atoms with E-state index in [4.69, 9.17) is 5.41 Å². The first kappa shape index (κ1) is 35.5. The van der Waals surface area contributed by atoms with Gasteiger partial charge in [-0.1, -0.05) is 50.6 Å². The van der Waals surface area contributed by atoms with Gasteiger partial charge in [-0.05, 0) is 89.3 Å². The first-order valence-corrected chi connectivity index (χ1v) is 17.6. The van der Waals surface area contributed by atoms with Gasteiger partial charge in [0, 0.05) is 56.3 Å². The number of hydrogen-bond acceptors (Lipinski definition) is 5. The summed E-state index contributed by atoms with van der Waals surface area (Å²) in [5, 5.41) is 24.8. The van der Waals surface area contributed by atoms with E-state index in [1.165, 1.54) is 12.8 Å². The molecule has 252 valence electrons. The minimum absolute atomic E-state index is 0.0255. The maximum Gasteiger partial charge on any atom is 0.248 e. The molecular weight excluding hydrogens is 570 g/mol. The van der Waals surface area contributed by atoms with Crippen LogP contribution >= 0.6 is 0 Å². The van der Waals surface area contributed by atoms with Crippen molar-refractivity contribution in [2.75, 3.05) is 26.2 Å². The third-order valence-corrected chi connectivity index (χ3v) is 10.9. The van der Waals surface area contributed by atoms with Crippen molar-refractivity contribution in [2.24, 2.45) is 17.3 Å². The van der Waals surface area contributed by atoms with Crippen LogP contribution in [0.3, 0.4) is 0 Å². The molecule has 7 nitrogen and oxygen atoms in total. The Hall–Kier alpha value is -2.39. The molecule has 1 aromatic rings. The number of benzene rings is 1. The zero-order valence-electron chi connectivity index (χ0n) is 28.1. The molecule has 4 N–H and O–H groups in total. The van der Waals surface area contributed by atoms with Gasteiger partial charge in [-0.15, -0.1) is 0 Å². The maximum atomic E-state index is 13.8. The lowest BCUT2D eigenvalue weighted by Gasteiger charge is -2.52. The van der Waals surface area contributed by atoms with E-state index in [-0.39, 0.29) is 55.5 Å². The van der Waals surface area contributed by atoms with Crippen LogP contribution in [0.15, 0.2) is 30.3 Å². The Morgan fingerprint density at radius 3 is 2.22 bits per heavy atom. The molecule has 1 spiro atoms. The predicted molar refractivity (Wildman–Crippen MR) is 179 cm³/mol. The zero-order valence-corrected chi connectivity index (χ0v) is 28.1. The van der Waals surface area contributed by atoms with Crippen molar-refractivity contribution in [3.8, 4) is 0 Å². The summed E-state index contributed by atoms with van der Waals surface area (Å²) in [5.41, 5.74) is 1.40. The topological polar surface area (TPSA) is 95.3 Å². The quantitative estimate of drug-likeness (QED) is 0.128. The monoisotopic (exact) mass is 628 g/mol. The number of rotatable bonds is 14. The van der Waals surface area contributed by atoms with E-state index < -0.39 is 5.92 Å². The Morgan fingerprint density at radius 1 is 0.978 bits per heavy atom. The first-order valence-electron chi connectivity index (χ1n) is 17.6. The van der Waals surface area contributed by atoms with Crippen molar-refractivity contribution in [3.05, 3.63) is 35.9 Å². The van der Waals surface area contributed by atoms with Gasteiger partial charge in [0.05, 0.1) is 6.04 Å². The van der Waals surface area contributed by atoms with Gasteiger partial charge in [0.15, 0.2) is 0 Å². The van der Waals surface area contributed by atoms with E-state index in [2.05, 4.69) is 36.3 Å². The van der Waals surface area contributed by atoms with Crippen LogP contribution in [-0.4, -0.2) is 71.6 Å². The van der Waals surface area contributed by atoms with Crippen molar-refractivity contribution in [1.29, 1.82) is 10.8 Å². The van der Waals surface area contributed by atoms with Crippen molar-refractivity contribution in [2.45, 2.75) is 129 Å². The van der Waals surface area contributed by atoms with Crippen LogP contribution in [0.5, 0.6) is 0 Å². The number of alkyl halides is 2. The number of amidine groups is 2. The second-order valence-electron chi connectivity index (χ2n) is 14.3. The van der Waals surface area contributed by atoms with Crippen LogP contribution in [0.25, 0.3) is 0 Å². The van der Waals surface area contributed by atoms with Crippen molar-refractivity contribution in [1.82, 2.24) is 20.4 Å². The van der Waals surface area contributed by atoms with E-state index in [1.807, 2.05) is 42.2 Å². The summed E-state index contributed by atoms with van der Waals surface area (Å²) < 4.78 is 27.6. The van der Waals surface area contributed by atoms with Crippen molar-refractivity contribution in [3.63, 3.8) is 0 Å². The fraction of sp³-hybridized carbons (Fsp3) is 0.750. The molecule has 4 rings (SSSR count). The molecule has 3 fully saturated rings. The van der Waals surface area contributed by atoms with E-state index in [0.29, 0.717) is 36.0 Å². The second kappa shape index (κ2) is 15.9. The second-order valence-corrected chi connectivity index (χ2v) is 14.3. The molecule has 0 radical (unpaired) electrons. The molecule has 3 unspecified atom stereocenters. The third-order valence-electron chi connectivity index (χ3n) is 10.9. The Balaban J connectivity index is 1.44. The average molecular weight is 629 g/mol. The average Bonchev–Trinajstić information content (AvgIpc) is 3.01. The molecule has 3 aliphatic rings. The van der Waals surface area contributed by atoms with Crippen LogP contribution in [0.4, 0.5) is 8.78 Å². The van der Waals surface area contributed by atoms with Gasteiger partial charge in [0.1, 0.15) is 11.7 Å². The largest absolute Gasteiger partial charge is 0.349 e. The van der Waals surface area contributed by atoms with Crippen LogP contribution in [0, 0.1) is 28.1 Å². The van der Waals surface area contributed by atoms with Crippen LogP contribution < -0.4 is 10.6 Å². The fourth-order valence-electron chi connectivity index (χ4n) is 7.97. The smallest absolute Gasteiger partial charge is 0.248 e. The molecule has 0 bridgehead atoms. The van der Waals surface area contributed by atoms with Gasteiger partial charge in [-0.25, -0.2) is 8.78 Å². The Kier molecular flexibility index (Phi) is 12.6. The van der Waals surface area contributed by atoms with Crippen molar-refractivity contribution < 1.29 is 13.6 Å². The van der Waals surface area contributed by atoms with Gasteiger partial charge < -0.3 is 15.5 Å². The van der Waals surface area contributed by atoms with E-state index >= 15 is 0 Å². The SMILES string of the molecule is CCCC(C)N(CCC(NC(=O)C1CCC(F)(F)CC1)c1ccccc1)CC(C)N(C(=N)CC)C(=N)C1CC2(CCNCC2)C1. The number of carbonyl (C=O) groups excluding carboxylic acids is 1. The summed E-state index contributed by atoms with van der Waals surface area (Å²) in [5.74, 6) is -1.82. The molecule has 3 atom stereocenters. The Labute approximate surface area is 270 Å². The molecule has 1 aliphatic heterocycles. The van der Waals surface area contributed by atoms with Gasteiger partial charge in [-0.3, -0.25) is 20.5 Å². The Bertz CT molecular complexity index is 1110. The van der Waals surface area contributed by atoms with E-state index in [1.54, 1.807) is 0 Å². The van der Waals surface area contributed by atoms with Crippen molar-refractivity contribution >= 4 is 17.6 Å². The highest BCUT2D eigenvalue weighted by Gasteiger charge is 2.48. The number of halogens is 2. The van der Waals surface area contributed by atoms with Gasteiger partial charge in [0.2, 0.25) is 11.8 Å². The predicted octanol–water partition coefficient (Wildman–Crippen LogP) is 7.38. The normalized spacial score (nSPS) is 23.1. The van der Waals surface area contributed by atoms with Gasteiger partial charge in [0.25, 0.3) is 0 Å². The number of carbonyl (C=O) groups is 1. The molecule has 0 aromatic heterocycles. The molecule has 1 aromatic carbocycles. The van der Waals surface area contributed by atoms with Gasteiger partial charge >= 0.3 is 0 Å². The molecule has 2 aliphatic carbocycles. The molecule has 2 saturated carbocycles. The molecule has 9 heteroatoms. The van der Waals surface area contributed by atoms with E-state index in [0.717, 1.165) is 57.4 Å². The lowest BCUT2D eigenvalue weighted by atomic mass is 9.57. The number of hydrogen-bond donors (Lipinski definition) is 4. The molecule has 1 saturated heterocycles. The summed E-state index contributed by atoms with van der Waals surface area (Å²) >= 11 is 0. The molecule has 45 heavy (non-hydrogen) atoms. The van der Waals surface area contributed by atoms with Gasteiger partial charge in [-0.2, -0.15) is 0 Å². The highest BCUT2D eigenvalue weighted by Crippen LogP contribution is 2.52. The summed E-state index contributed by atoms with van der Waals surface area (Å²) in [6.07, 6.45) is 7.86.